The van der Waals surface area contributed by atoms with Gasteiger partial charge in [0.05, 0.1) is 18.3 Å². The molecule has 184 valence electrons. The second kappa shape index (κ2) is 11.9. The van der Waals surface area contributed by atoms with Crippen LogP contribution in [0.15, 0.2) is 106 Å². The third-order valence-corrected chi connectivity index (χ3v) is 7.30. The highest BCUT2D eigenvalue weighted by atomic mass is 32.2. The molecule has 0 N–H and O–H groups in total. The van der Waals surface area contributed by atoms with E-state index in [1.165, 1.54) is 0 Å². The van der Waals surface area contributed by atoms with E-state index < -0.39 is 0 Å². The molecule has 0 saturated heterocycles. The number of hydrogen-bond acceptors (Lipinski definition) is 4. The molecule has 0 bridgehead atoms. The van der Waals surface area contributed by atoms with Crippen molar-refractivity contribution in [1.29, 1.82) is 0 Å². The summed E-state index contributed by atoms with van der Waals surface area (Å²) in [5.74, 6) is 0.735. The van der Waals surface area contributed by atoms with Crippen LogP contribution >= 0.6 is 11.8 Å². The van der Waals surface area contributed by atoms with E-state index in [4.69, 9.17) is 4.99 Å². The molecule has 3 aromatic rings. The second-order valence-corrected chi connectivity index (χ2v) is 9.67. The van der Waals surface area contributed by atoms with E-state index >= 15 is 0 Å². The zero-order valence-electron chi connectivity index (χ0n) is 20.9. The Kier molecular flexibility index (Phi) is 8.39. The van der Waals surface area contributed by atoms with Gasteiger partial charge in [-0.3, -0.25) is 9.59 Å². The molecule has 1 aliphatic heterocycles. The SMILES string of the molecule is CSc1ccc(C(=O)N2CCC(C=O)=C(N=C(C)N(C)C(c3ccccc3)c3ccccc3)C2)cc1. The second-order valence-electron chi connectivity index (χ2n) is 8.79. The van der Waals surface area contributed by atoms with Crippen LogP contribution in [0.5, 0.6) is 0 Å². The van der Waals surface area contributed by atoms with Crippen molar-refractivity contribution in [3.05, 3.63) is 113 Å². The van der Waals surface area contributed by atoms with Gasteiger partial charge in [-0.05, 0) is 55.0 Å². The van der Waals surface area contributed by atoms with Crippen LogP contribution in [0.4, 0.5) is 0 Å². The maximum atomic E-state index is 13.2. The monoisotopic (exact) mass is 497 g/mol. The van der Waals surface area contributed by atoms with Gasteiger partial charge in [0.1, 0.15) is 12.1 Å². The number of aldehydes is 1. The zero-order chi connectivity index (χ0) is 25.5. The van der Waals surface area contributed by atoms with Crippen LogP contribution < -0.4 is 0 Å². The molecule has 0 spiro atoms. The smallest absolute Gasteiger partial charge is 0.254 e. The van der Waals surface area contributed by atoms with Crippen LogP contribution in [0, 0.1) is 0 Å². The molecular weight excluding hydrogens is 466 g/mol. The number of rotatable bonds is 7. The van der Waals surface area contributed by atoms with Crippen molar-refractivity contribution in [2.45, 2.75) is 24.3 Å². The van der Waals surface area contributed by atoms with Crippen molar-refractivity contribution in [3.63, 3.8) is 0 Å². The predicted molar refractivity (Wildman–Crippen MR) is 147 cm³/mol. The highest BCUT2D eigenvalue weighted by Gasteiger charge is 2.25. The van der Waals surface area contributed by atoms with Crippen molar-refractivity contribution in [1.82, 2.24) is 9.80 Å². The van der Waals surface area contributed by atoms with Crippen molar-refractivity contribution in [2.75, 3.05) is 26.4 Å². The van der Waals surface area contributed by atoms with Gasteiger partial charge in [-0.2, -0.15) is 0 Å². The van der Waals surface area contributed by atoms with Crippen LogP contribution in [0.2, 0.25) is 0 Å². The Morgan fingerprint density at radius 1 is 0.972 bits per heavy atom. The lowest BCUT2D eigenvalue weighted by Gasteiger charge is -2.32. The van der Waals surface area contributed by atoms with Gasteiger partial charge in [0.2, 0.25) is 0 Å². The number of nitrogens with zero attached hydrogens (tertiary/aromatic N) is 3. The van der Waals surface area contributed by atoms with Crippen molar-refractivity contribution >= 4 is 29.8 Å². The molecule has 0 aliphatic carbocycles. The minimum absolute atomic E-state index is 0.0345. The first-order valence-electron chi connectivity index (χ1n) is 12.0. The molecule has 0 radical (unpaired) electrons. The van der Waals surface area contributed by atoms with E-state index in [-0.39, 0.29) is 11.9 Å². The van der Waals surface area contributed by atoms with Crippen LogP contribution in [0.1, 0.15) is 40.9 Å². The first-order chi connectivity index (χ1) is 17.5. The number of thioether (sulfide) groups is 1. The summed E-state index contributed by atoms with van der Waals surface area (Å²) in [6.07, 6.45) is 3.39. The predicted octanol–water partition coefficient (Wildman–Crippen LogP) is 5.85. The zero-order valence-corrected chi connectivity index (χ0v) is 21.7. The molecule has 36 heavy (non-hydrogen) atoms. The number of amides is 1. The number of carbonyl (C=O) groups excluding carboxylic acids is 2. The van der Waals surface area contributed by atoms with E-state index in [1.807, 2.05) is 80.9 Å². The minimum Gasteiger partial charge on any atom is -0.352 e. The summed E-state index contributed by atoms with van der Waals surface area (Å²) >= 11 is 1.64. The van der Waals surface area contributed by atoms with Gasteiger partial charge in [-0.1, -0.05) is 60.7 Å². The molecule has 3 aromatic carbocycles. The Labute approximate surface area is 217 Å². The lowest BCUT2D eigenvalue weighted by atomic mass is 9.97. The number of aliphatic imine (C=N–C) groups is 1. The highest BCUT2D eigenvalue weighted by molar-refractivity contribution is 7.98. The van der Waals surface area contributed by atoms with Crippen LogP contribution in [-0.2, 0) is 4.79 Å². The fourth-order valence-electron chi connectivity index (χ4n) is 4.46. The fraction of sp³-hybridized carbons (Fsp3) is 0.233. The van der Waals surface area contributed by atoms with E-state index in [9.17, 15) is 9.59 Å². The van der Waals surface area contributed by atoms with Gasteiger partial charge in [-0.15, -0.1) is 11.8 Å². The quantitative estimate of drug-likeness (QED) is 0.178. The molecule has 0 unspecified atom stereocenters. The van der Waals surface area contributed by atoms with E-state index in [2.05, 4.69) is 29.2 Å². The van der Waals surface area contributed by atoms with E-state index in [0.717, 1.165) is 28.1 Å². The summed E-state index contributed by atoms with van der Waals surface area (Å²) < 4.78 is 0. The molecule has 4 rings (SSSR count). The molecule has 6 heteroatoms. The Hall–Kier alpha value is -3.64. The number of benzene rings is 3. The highest BCUT2D eigenvalue weighted by Crippen LogP contribution is 2.29. The van der Waals surface area contributed by atoms with Gasteiger partial charge in [0, 0.05) is 29.6 Å². The summed E-state index contributed by atoms with van der Waals surface area (Å²) in [7, 11) is 2.02. The Bertz CT molecular complexity index is 1210. The van der Waals surface area contributed by atoms with Gasteiger partial charge in [0.15, 0.2) is 0 Å². The van der Waals surface area contributed by atoms with Gasteiger partial charge < -0.3 is 9.80 Å². The van der Waals surface area contributed by atoms with Gasteiger partial charge in [0.25, 0.3) is 5.91 Å². The Morgan fingerprint density at radius 3 is 2.08 bits per heavy atom. The fourth-order valence-corrected chi connectivity index (χ4v) is 4.86. The maximum Gasteiger partial charge on any atom is 0.254 e. The normalized spacial score (nSPS) is 14.2. The van der Waals surface area contributed by atoms with E-state index in [0.29, 0.717) is 36.3 Å². The molecule has 1 aliphatic rings. The molecule has 0 saturated carbocycles. The number of amidine groups is 1. The summed E-state index contributed by atoms with van der Waals surface area (Å²) in [6.45, 7) is 2.77. The minimum atomic E-state index is -0.0437. The standard InChI is InChI=1S/C30H31N3O2S/c1-22(32(2)29(23-10-6-4-7-11-23)24-12-8-5-9-13-24)31-28-20-33(19-18-26(28)21-34)30(35)25-14-16-27(36-3)17-15-25/h4-17,21,29H,18-20H2,1-3H3. The topological polar surface area (TPSA) is 53.0 Å². The van der Waals surface area contributed by atoms with Gasteiger partial charge >= 0.3 is 0 Å². The number of hydrogen-bond donors (Lipinski definition) is 0. The average molecular weight is 498 g/mol. The van der Waals surface area contributed by atoms with Crippen LogP contribution in [-0.4, -0.2) is 54.2 Å². The first kappa shape index (κ1) is 25.5. The first-order valence-corrected chi connectivity index (χ1v) is 13.2. The number of carbonyl (C=O) groups is 2. The van der Waals surface area contributed by atoms with Crippen LogP contribution in [0.3, 0.4) is 0 Å². The van der Waals surface area contributed by atoms with E-state index in [1.54, 1.807) is 16.7 Å². The largest absolute Gasteiger partial charge is 0.352 e. The maximum absolute atomic E-state index is 13.2. The van der Waals surface area contributed by atoms with Crippen molar-refractivity contribution in [2.24, 2.45) is 4.99 Å². The summed E-state index contributed by atoms with van der Waals surface area (Å²) in [4.78, 5) is 35.0. The van der Waals surface area contributed by atoms with Crippen molar-refractivity contribution in [3.8, 4) is 0 Å². The Balaban J connectivity index is 1.61. The lowest BCUT2D eigenvalue weighted by molar-refractivity contribution is -0.105. The third-order valence-electron chi connectivity index (χ3n) is 6.55. The Morgan fingerprint density at radius 2 is 1.56 bits per heavy atom. The van der Waals surface area contributed by atoms with Crippen molar-refractivity contribution < 1.29 is 9.59 Å². The lowest BCUT2D eigenvalue weighted by Crippen LogP contribution is -2.38. The third kappa shape index (κ3) is 5.77. The summed E-state index contributed by atoms with van der Waals surface area (Å²) in [6, 6.07) is 28.2. The average Bonchev–Trinajstić information content (AvgIpc) is 2.94. The molecule has 0 fully saturated rings. The molecule has 0 atom stereocenters. The molecular formula is C30H31N3O2S. The van der Waals surface area contributed by atoms with Crippen LogP contribution in [0.25, 0.3) is 0 Å². The molecule has 0 aromatic heterocycles. The summed E-state index contributed by atoms with van der Waals surface area (Å²) in [5.41, 5.74) is 4.25. The molecule has 1 heterocycles. The summed E-state index contributed by atoms with van der Waals surface area (Å²) in [5, 5.41) is 0. The molecule has 5 nitrogen and oxygen atoms in total. The molecule has 1 amide bonds. The van der Waals surface area contributed by atoms with Gasteiger partial charge in [-0.25, -0.2) is 4.99 Å².